The van der Waals surface area contributed by atoms with Gasteiger partial charge < -0.3 is 33.9 Å². The molecule has 0 aromatic carbocycles. The van der Waals surface area contributed by atoms with E-state index in [1.165, 1.54) is 12.8 Å². The summed E-state index contributed by atoms with van der Waals surface area (Å²) >= 11 is 0. The summed E-state index contributed by atoms with van der Waals surface area (Å²) in [4.78, 5) is 0. The van der Waals surface area contributed by atoms with Crippen LogP contribution in [0.15, 0.2) is 0 Å². The number of aliphatic hydroxyl groups excluding tert-OH is 1. The topological polar surface area (TPSA) is 86.6 Å². The molecule has 5 aliphatic rings. The lowest BCUT2D eigenvalue weighted by atomic mass is 9.89. The van der Waals surface area contributed by atoms with Crippen LogP contribution in [0.25, 0.3) is 0 Å². The Morgan fingerprint density at radius 1 is 0.793 bits per heavy atom. The van der Waals surface area contributed by atoms with Crippen molar-refractivity contribution in [1.82, 2.24) is 0 Å². The van der Waals surface area contributed by atoms with E-state index >= 15 is 0 Å². The summed E-state index contributed by atoms with van der Waals surface area (Å²) in [5, 5.41) is 20.7. The van der Waals surface area contributed by atoms with Crippen molar-refractivity contribution in [2.45, 2.75) is 132 Å². The molecular formula is C22H36O7. The Morgan fingerprint density at radius 2 is 1.48 bits per heavy atom. The Labute approximate surface area is 173 Å². The maximum absolute atomic E-state index is 10.6. The van der Waals surface area contributed by atoms with Gasteiger partial charge in [0.2, 0.25) is 0 Å². The minimum Gasteiger partial charge on any atom is -0.369 e. The molecule has 5 fully saturated rings. The fraction of sp³-hybridized carbons (Fsp3) is 1.00. The van der Waals surface area contributed by atoms with E-state index in [4.69, 9.17) is 23.7 Å². The van der Waals surface area contributed by atoms with Crippen molar-refractivity contribution >= 4 is 0 Å². The van der Waals surface area contributed by atoms with Gasteiger partial charge in [0, 0.05) is 32.1 Å². The maximum atomic E-state index is 10.6. The molecule has 2 aliphatic carbocycles. The fourth-order valence-electron chi connectivity index (χ4n) is 5.92. The van der Waals surface area contributed by atoms with E-state index in [1.807, 2.05) is 0 Å². The van der Waals surface area contributed by atoms with Gasteiger partial charge in [-0.3, -0.25) is 0 Å². The smallest absolute Gasteiger partial charge is 0.169 e. The summed E-state index contributed by atoms with van der Waals surface area (Å²) in [6.07, 6.45) is 10.2. The van der Waals surface area contributed by atoms with Crippen LogP contribution in [0.4, 0.5) is 0 Å². The van der Waals surface area contributed by atoms with Crippen LogP contribution in [-0.4, -0.2) is 65.2 Å². The molecule has 6 atom stereocenters. The number of rotatable bonds is 4. The predicted molar refractivity (Wildman–Crippen MR) is 103 cm³/mol. The van der Waals surface area contributed by atoms with E-state index in [1.54, 1.807) is 0 Å². The Balaban J connectivity index is 1.27. The van der Waals surface area contributed by atoms with E-state index < -0.39 is 17.9 Å². The van der Waals surface area contributed by atoms with E-state index in [9.17, 15) is 10.2 Å². The van der Waals surface area contributed by atoms with Crippen molar-refractivity contribution in [3.8, 4) is 0 Å². The molecule has 166 valence electrons. The molecular weight excluding hydrogens is 376 g/mol. The second kappa shape index (κ2) is 8.34. The quantitative estimate of drug-likeness (QED) is 0.687. The molecule has 0 aromatic heterocycles. The normalized spacial score (nSPS) is 43.7. The second-order valence-electron chi connectivity index (χ2n) is 9.63. The first-order valence-electron chi connectivity index (χ1n) is 11.8. The van der Waals surface area contributed by atoms with Crippen molar-refractivity contribution in [3.05, 3.63) is 0 Å². The van der Waals surface area contributed by atoms with Crippen LogP contribution in [0, 0.1) is 0 Å². The molecule has 29 heavy (non-hydrogen) atoms. The van der Waals surface area contributed by atoms with E-state index in [-0.39, 0.29) is 30.5 Å². The average Bonchev–Trinajstić information content (AvgIpc) is 3.08. The molecule has 3 saturated heterocycles. The Morgan fingerprint density at radius 3 is 2.24 bits per heavy atom. The standard InChI is InChI=1S/C22H36O7/c23-17-8-7-15-18(27-17)20-19(28-22(29-20)12-5-2-6-13-22)16(26-15)9-14-25-21(24)10-3-1-4-11-21/h15-20,23-24H,1-14H2/t15-,16?,17?,18?,19+,20-/m0/s1. The molecule has 7 nitrogen and oxygen atoms in total. The fourth-order valence-corrected chi connectivity index (χ4v) is 5.92. The van der Waals surface area contributed by atoms with Crippen molar-refractivity contribution in [1.29, 1.82) is 0 Å². The maximum Gasteiger partial charge on any atom is 0.169 e. The molecule has 0 bridgehead atoms. The van der Waals surface area contributed by atoms with Gasteiger partial charge in [0.05, 0.1) is 18.8 Å². The van der Waals surface area contributed by atoms with E-state index in [0.29, 0.717) is 32.3 Å². The minimum absolute atomic E-state index is 0.0928. The van der Waals surface area contributed by atoms with Crippen LogP contribution in [0.3, 0.4) is 0 Å². The molecule has 2 saturated carbocycles. The molecule has 3 unspecified atom stereocenters. The first-order chi connectivity index (χ1) is 14.1. The lowest BCUT2D eigenvalue weighted by Crippen LogP contribution is -2.60. The summed E-state index contributed by atoms with van der Waals surface area (Å²) in [6, 6.07) is 0. The summed E-state index contributed by atoms with van der Waals surface area (Å²) < 4.78 is 31.2. The van der Waals surface area contributed by atoms with Crippen LogP contribution in [0.2, 0.25) is 0 Å². The average molecular weight is 413 g/mol. The molecule has 2 N–H and O–H groups in total. The highest BCUT2D eigenvalue weighted by atomic mass is 16.8. The van der Waals surface area contributed by atoms with Gasteiger partial charge >= 0.3 is 0 Å². The van der Waals surface area contributed by atoms with Crippen molar-refractivity contribution in [2.75, 3.05) is 6.61 Å². The van der Waals surface area contributed by atoms with Crippen LogP contribution >= 0.6 is 0 Å². The van der Waals surface area contributed by atoms with Gasteiger partial charge in [-0.15, -0.1) is 0 Å². The number of aliphatic hydroxyl groups is 2. The van der Waals surface area contributed by atoms with Gasteiger partial charge in [-0.05, 0) is 38.5 Å². The third-order valence-electron chi connectivity index (χ3n) is 7.47. The Kier molecular flexibility index (Phi) is 5.93. The van der Waals surface area contributed by atoms with Gasteiger partial charge in [-0.1, -0.05) is 12.8 Å². The number of hydrogen-bond donors (Lipinski definition) is 2. The van der Waals surface area contributed by atoms with E-state index in [2.05, 4.69) is 0 Å². The molecule has 0 amide bonds. The summed E-state index contributed by atoms with van der Waals surface area (Å²) in [5.74, 6) is -1.51. The monoisotopic (exact) mass is 412 g/mol. The molecule has 1 spiro atoms. The van der Waals surface area contributed by atoms with Crippen LogP contribution in [0.5, 0.6) is 0 Å². The van der Waals surface area contributed by atoms with Gasteiger partial charge in [-0.2, -0.15) is 0 Å². The molecule has 3 heterocycles. The van der Waals surface area contributed by atoms with Gasteiger partial charge in [0.15, 0.2) is 17.9 Å². The van der Waals surface area contributed by atoms with Crippen molar-refractivity contribution in [2.24, 2.45) is 0 Å². The van der Waals surface area contributed by atoms with Gasteiger partial charge in [0.1, 0.15) is 18.3 Å². The molecule has 5 rings (SSSR count). The lowest BCUT2D eigenvalue weighted by Gasteiger charge is -2.45. The summed E-state index contributed by atoms with van der Waals surface area (Å²) in [7, 11) is 0. The van der Waals surface area contributed by atoms with Crippen LogP contribution in [0.1, 0.15) is 83.5 Å². The molecule has 3 aliphatic heterocycles. The largest absolute Gasteiger partial charge is 0.369 e. The van der Waals surface area contributed by atoms with Gasteiger partial charge in [-0.25, -0.2) is 0 Å². The first kappa shape index (κ1) is 20.6. The zero-order valence-electron chi connectivity index (χ0n) is 17.3. The minimum atomic E-state index is -0.982. The zero-order chi connectivity index (χ0) is 19.9. The number of fused-ring (bicyclic) bond motifs is 3. The van der Waals surface area contributed by atoms with Gasteiger partial charge in [0.25, 0.3) is 0 Å². The highest BCUT2D eigenvalue weighted by Crippen LogP contribution is 2.47. The lowest BCUT2D eigenvalue weighted by molar-refractivity contribution is -0.279. The molecule has 7 heteroatoms. The Bertz CT molecular complexity index is 557. The van der Waals surface area contributed by atoms with Crippen LogP contribution in [-0.2, 0) is 23.7 Å². The number of ether oxygens (including phenoxy) is 5. The summed E-state index contributed by atoms with van der Waals surface area (Å²) in [5.41, 5.74) is 0. The number of hydrogen-bond acceptors (Lipinski definition) is 7. The van der Waals surface area contributed by atoms with Crippen molar-refractivity contribution in [3.63, 3.8) is 0 Å². The summed E-state index contributed by atoms with van der Waals surface area (Å²) in [6.45, 7) is 0.446. The third-order valence-corrected chi connectivity index (χ3v) is 7.47. The third kappa shape index (κ3) is 4.25. The predicted octanol–water partition coefficient (Wildman–Crippen LogP) is 2.76. The zero-order valence-corrected chi connectivity index (χ0v) is 17.3. The highest BCUT2D eigenvalue weighted by molar-refractivity contribution is 5.02. The SMILES string of the molecule is OC1CC[C@@H]2OC(CCOC3(O)CCCCC3)[C@H]3OC4(CCCCC4)O[C@H]3C2O1. The highest BCUT2D eigenvalue weighted by Gasteiger charge is 2.59. The first-order valence-corrected chi connectivity index (χ1v) is 11.8. The van der Waals surface area contributed by atoms with Crippen molar-refractivity contribution < 1.29 is 33.9 Å². The Hall–Kier alpha value is -0.280. The van der Waals surface area contributed by atoms with E-state index in [0.717, 1.165) is 44.9 Å². The molecule has 0 aromatic rings. The molecule has 0 radical (unpaired) electrons. The van der Waals surface area contributed by atoms with Crippen LogP contribution < -0.4 is 0 Å². The second-order valence-corrected chi connectivity index (χ2v) is 9.63.